The van der Waals surface area contributed by atoms with Crippen molar-refractivity contribution in [2.45, 2.75) is 6.61 Å². The van der Waals surface area contributed by atoms with E-state index in [2.05, 4.69) is 5.43 Å². The van der Waals surface area contributed by atoms with Crippen molar-refractivity contribution < 1.29 is 18.7 Å². The number of carbonyl (C=O) groups is 2. The van der Waals surface area contributed by atoms with Crippen LogP contribution in [0, 0.1) is 5.82 Å². The summed E-state index contributed by atoms with van der Waals surface area (Å²) in [6, 6.07) is 19.7. The van der Waals surface area contributed by atoms with E-state index in [0.717, 1.165) is 0 Å². The molecule has 2 amide bonds. The number of hydrogen-bond donors (Lipinski definition) is 1. The highest BCUT2D eigenvalue weighted by Gasteiger charge is 2.34. The first-order chi connectivity index (χ1) is 14.5. The number of nitrogens with one attached hydrogen (secondary N) is 1. The molecule has 1 fully saturated rings. The normalized spacial score (nSPS) is 14.9. The topological polar surface area (TPSA) is 58.6 Å². The number of carbonyl (C=O) groups excluding carboxylic acids is 2. The summed E-state index contributed by atoms with van der Waals surface area (Å²) in [5, 5.41) is 1.61. The van der Waals surface area contributed by atoms with Gasteiger partial charge in [0.2, 0.25) is 0 Å². The molecule has 0 unspecified atom stereocenters. The fourth-order valence-corrected chi connectivity index (χ4v) is 3.20. The number of para-hydroxylation sites is 1. The maximum absolute atomic E-state index is 13.4. The van der Waals surface area contributed by atoms with Crippen molar-refractivity contribution in [1.29, 1.82) is 0 Å². The van der Waals surface area contributed by atoms with Crippen molar-refractivity contribution in [2.24, 2.45) is 0 Å². The lowest BCUT2D eigenvalue weighted by Gasteiger charge is -2.14. The molecule has 1 aliphatic heterocycles. The van der Waals surface area contributed by atoms with Crippen LogP contribution < -0.4 is 15.2 Å². The Morgan fingerprint density at radius 2 is 1.80 bits per heavy atom. The van der Waals surface area contributed by atoms with Gasteiger partial charge in [0.25, 0.3) is 11.8 Å². The summed E-state index contributed by atoms with van der Waals surface area (Å²) in [6.07, 6.45) is 1.44. The Morgan fingerprint density at radius 3 is 2.57 bits per heavy atom. The Balaban J connectivity index is 1.62. The summed E-state index contributed by atoms with van der Waals surface area (Å²) in [5.74, 6) is -0.958. The first-order valence-electron chi connectivity index (χ1n) is 9.10. The van der Waals surface area contributed by atoms with Crippen molar-refractivity contribution in [1.82, 2.24) is 5.43 Å². The molecule has 0 saturated carbocycles. The molecule has 3 aromatic carbocycles. The Labute approximate surface area is 177 Å². The summed E-state index contributed by atoms with van der Waals surface area (Å²) in [4.78, 5) is 25.2. The van der Waals surface area contributed by atoms with Crippen LogP contribution in [0.3, 0.4) is 0 Å². The van der Waals surface area contributed by atoms with Crippen LogP contribution in [0.25, 0.3) is 6.08 Å². The Hall–Kier alpha value is -3.64. The van der Waals surface area contributed by atoms with Gasteiger partial charge in [-0.05, 0) is 54.1 Å². The van der Waals surface area contributed by atoms with Crippen molar-refractivity contribution in [3.05, 3.63) is 100 Å². The number of ether oxygens (including phenoxy) is 1. The molecule has 0 aromatic heterocycles. The Kier molecular flexibility index (Phi) is 5.50. The highest BCUT2D eigenvalue weighted by atomic mass is 35.5. The van der Waals surface area contributed by atoms with E-state index in [1.807, 2.05) is 6.07 Å². The van der Waals surface area contributed by atoms with Crippen LogP contribution >= 0.6 is 11.6 Å². The Bertz CT molecular complexity index is 1150. The zero-order chi connectivity index (χ0) is 21.1. The van der Waals surface area contributed by atoms with Gasteiger partial charge in [-0.1, -0.05) is 41.9 Å². The van der Waals surface area contributed by atoms with Crippen LogP contribution in [0.5, 0.6) is 5.75 Å². The van der Waals surface area contributed by atoms with Crippen LogP contribution in [0.4, 0.5) is 10.1 Å². The van der Waals surface area contributed by atoms with Crippen molar-refractivity contribution in [2.75, 3.05) is 5.01 Å². The minimum absolute atomic E-state index is 0.0447. The Morgan fingerprint density at radius 1 is 1.00 bits per heavy atom. The molecule has 4 rings (SSSR count). The van der Waals surface area contributed by atoms with Crippen LogP contribution in [0.15, 0.2) is 78.4 Å². The molecule has 150 valence electrons. The number of hydrogen-bond acceptors (Lipinski definition) is 3. The second-order valence-corrected chi connectivity index (χ2v) is 7.01. The van der Waals surface area contributed by atoms with Crippen molar-refractivity contribution in [3.63, 3.8) is 0 Å². The van der Waals surface area contributed by atoms with E-state index in [0.29, 0.717) is 27.6 Å². The minimum Gasteiger partial charge on any atom is -0.488 e. The minimum atomic E-state index is -0.528. The summed E-state index contributed by atoms with van der Waals surface area (Å²) in [5.41, 5.74) is 4.17. The lowest BCUT2D eigenvalue weighted by Crippen LogP contribution is -2.35. The molecule has 7 heteroatoms. The highest BCUT2D eigenvalue weighted by molar-refractivity contribution is 6.32. The molecule has 0 atom stereocenters. The average molecular weight is 423 g/mol. The highest BCUT2D eigenvalue weighted by Crippen LogP contribution is 2.28. The number of halogens is 2. The summed E-state index contributed by atoms with van der Waals surface area (Å²) in [7, 11) is 0. The van der Waals surface area contributed by atoms with Gasteiger partial charge >= 0.3 is 0 Å². The largest absolute Gasteiger partial charge is 0.488 e. The molecule has 0 spiro atoms. The fraction of sp³-hybridized carbons (Fsp3) is 0.0435. The molecule has 0 radical (unpaired) electrons. The van der Waals surface area contributed by atoms with Gasteiger partial charge in [-0.2, -0.15) is 0 Å². The third kappa shape index (κ3) is 4.18. The van der Waals surface area contributed by atoms with Crippen LogP contribution in [0.1, 0.15) is 11.1 Å². The summed E-state index contributed by atoms with van der Waals surface area (Å²) < 4.78 is 19.2. The lowest BCUT2D eigenvalue weighted by molar-refractivity contribution is -0.117. The molecule has 3 aromatic rings. The smallest absolute Gasteiger partial charge is 0.282 e. The van der Waals surface area contributed by atoms with E-state index in [1.54, 1.807) is 54.6 Å². The van der Waals surface area contributed by atoms with E-state index < -0.39 is 11.8 Å². The van der Waals surface area contributed by atoms with Gasteiger partial charge < -0.3 is 4.74 Å². The monoisotopic (exact) mass is 422 g/mol. The zero-order valence-electron chi connectivity index (χ0n) is 15.6. The first kappa shape index (κ1) is 19.7. The van der Waals surface area contributed by atoms with Gasteiger partial charge in [0.15, 0.2) is 0 Å². The molecular weight excluding hydrogens is 407 g/mol. The van der Waals surface area contributed by atoms with E-state index in [-0.39, 0.29) is 18.0 Å². The molecule has 1 N–H and O–H groups in total. The van der Waals surface area contributed by atoms with E-state index in [9.17, 15) is 14.0 Å². The standard InChI is InChI=1S/C23H16ClFN2O3/c24-17-9-10-21(30-14-15-5-4-6-18(25)11-15)16(12-17)13-20-22(28)26-27(23(20)29)19-7-2-1-3-8-19/h1-13H,14H2,(H,26,28)/b20-13-. The molecular formula is C23H16ClFN2O3. The molecule has 30 heavy (non-hydrogen) atoms. The van der Waals surface area contributed by atoms with Crippen molar-refractivity contribution in [3.8, 4) is 5.75 Å². The third-order valence-electron chi connectivity index (χ3n) is 4.46. The van der Waals surface area contributed by atoms with E-state index in [4.69, 9.17) is 16.3 Å². The van der Waals surface area contributed by atoms with Gasteiger partial charge in [-0.25, -0.2) is 9.40 Å². The maximum atomic E-state index is 13.4. The maximum Gasteiger partial charge on any atom is 0.282 e. The molecule has 1 saturated heterocycles. The van der Waals surface area contributed by atoms with Gasteiger partial charge in [0.05, 0.1) is 5.69 Å². The number of hydrazine groups is 1. The predicted molar refractivity (Wildman–Crippen MR) is 112 cm³/mol. The van der Waals surface area contributed by atoms with E-state index in [1.165, 1.54) is 23.2 Å². The first-order valence-corrected chi connectivity index (χ1v) is 9.48. The summed E-state index contributed by atoms with van der Waals surface area (Å²) >= 11 is 6.11. The number of nitrogens with zero attached hydrogens (tertiary/aromatic N) is 1. The predicted octanol–water partition coefficient (Wildman–Crippen LogP) is 4.52. The number of rotatable bonds is 5. The number of anilines is 1. The second kappa shape index (κ2) is 8.39. The average Bonchev–Trinajstić information content (AvgIpc) is 3.02. The van der Waals surface area contributed by atoms with Crippen molar-refractivity contribution >= 4 is 35.2 Å². The van der Waals surface area contributed by atoms with Gasteiger partial charge in [0.1, 0.15) is 23.7 Å². The molecule has 0 bridgehead atoms. The quantitative estimate of drug-likeness (QED) is 0.486. The molecule has 1 heterocycles. The summed E-state index contributed by atoms with van der Waals surface area (Å²) in [6.45, 7) is 0.117. The number of amides is 2. The fourth-order valence-electron chi connectivity index (χ4n) is 3.02. The van der Waals surface area contributed by atoms with Crippen LogP contribution in [0.2, 0.25) is 5.02 Å². The van der Waals surface area contributed by atoms with Crippen LogP contribution in [-0.2, 0) is 16.2 Å². The van der Waals surface area contributed by atoms with Gasteiger partial charge in [-0.15, -0.1) is 0 Å². The van der Waals surface area contributed by atoms with Gasteiger partial charge in [-0.3, -0.25) is 15.0 Å². The third-order valence-corrected chi connectivity index (χ3v) is 4.70. The van der Waals surface area contributed by atoms with Crippen LogP contribution in [-0.4, -0.2) is 11.8 Å². The van der Waals surface area contributed by atoms with E-state index >= 15 is 0 Å². The molecule has 1 aliphatic rings. The zero-order valence-corrected chi connectivity index (χ0v) is 16.4. The second-order valence-electron chi connectivity index (χ2n) is 6.58. The van der Waals surface area contributed by atoms with Gasteiger partial charge in [0, 0.05) is 10.6 Å². The number of benzene rings is 3. The lowest BCUT2D eigenvalue weighted by atomic mass is 10.1. The SMILES string of the molecule is O=C1NN(c2ccccc2)C(=O)/C1=C\c1cc(Cl)ccc1OCc1cccc(F)c1. The molecule has 5 nitrogen and oxygen atoms in total. The molecule has 0 aliphatic carbocycles.